The van der Waals surface area contributed by atoms with Crippen molar-refractivity contribution in [2.24, 2.45) is 0 Å². The van der Waals surface area contributed by atoms with Gasteiger partial charge in [-0.25, -0.2) is 4.98 Å². The highest BCUT2D eigenvalue weighted by atomic mass is 79.9. The molecule has 0 bridgehead atoms. The third-order valence-electron chi connectivity index (χ3n) is 3.82. The normalized spacial score (nSPS) is 11.3. The third-order valence-corrected chi connectivity index (χ3v) is 4.43. The molecule has 0 amide bonds. The third kappa shape index (κ3) is 3.97. The quantitative estimate of drug-likeness (QED) is 0.482. The van der Waals surface area contributed by atoms with E-state index in [9.17, 15) is 0 Å². The lowest BCUT2D eigenvalue weighted by atomic mass is 10.1. The summed E-state index contributed by atoms with van der Waals surface area (Å²) in [6, 6.07) is 11.1. The van der Waals surface area contributed by atoms with E-state index in [1.54, 1.807) is 0 Å². The van der Waals surface area contributed by atoms with Crippen LogP contribution >= 0.6 is 15.9 Å². The van der Waals surface area contributed by atoms with E-state index in [0.29, 0.717) is 6.04 Å². The Balaban J connectivity index is 2.39. The number of aromatic nitrogens is 1. The van der Waals surface area contributed by atoms with Crippen LogP contribution in [0.1, 0.15) is 45.6 Å². The molecule has 0 unspecified atom stereocenters. The van der Waals surface area contributed by atoms with Gasteiger partial charge in [0.2, 0.25) is 0 Å². The molecule has 1 heterocycles. The molecule has 0 saturated carbocycles. The van der Waals surface area contributed by atoms with Crippen LogP contribution < -0.4 is 4.90 Å². The molecule has 2 rings (SSSR count). The van der Waals surface area contributed by atoms with E-state index in [0.717, 1.165) is 23.2 Å². The molecule has 3 heteroatoms. The van der Waals surface area contributed by atoms with Gasteiger partial charge in [-0.15, -0.1) is 0 Å². The molecule has 114 valence electrons. The van der Waals surface area contributed by atoms with Crippen molar-refractivity contribution < 1.29 is 0 Å². The van der Waals surface area contributed by atoms with E-state index in [-0.39, 0.29) is 0 Å². The molecule has 0 saturated heterocycles. The molecule has 0 aliphatic rings. The van der Waals surface area contributed by atoms with Crippen molar-refractivity contribution >= 4 is 32.7 Å². The topological polar surface area (TPSA) is 16.1 Å². The highest BCUT2D eigenvalue weighted by Crippen LogP contribution is 2.27. The largest absolute Gasteiger partial charge is 0.354 e. The molecular formula is C18H25BrN2. The number of hydrogen-bond donors (Lipinski definition) is 0. The number of alkyl halides is 1. The molecule has 1 aromatic carbocycles. The maximum Gasteiger partial charge on any atom is 0.133 e. The lowest BCUT2D eigenvalue weighted by Gasteiger charge is -2.30. The zero-order valence-corrected chi connectivity index (χ0v) is 14.9. The number of unbranched alkanes of at least 4 members (excludes halogenated alkanes) is 2. The number of nitrogens with zero attached hydrogens (tertiary/aromatic N) is 2. The summed E-state index contributed by atoms with van der Waals surface area (Å²) in [5.74, 6) is 1.14. The molecule has 0 N–H and O–H groups in total. The smallest absolute Gasteiger partial charge is 0.133 e. The summed E-state index contributed by atoms with van der Waals surface area (Å²) in [5, 5.41) is 2.06. The van der Waals surface area contributed by atoms with Crippen molar-refractivity contribution in [3.63, 3.8) is 0 Å². The summed E-state index contributed by atoms with van der Waals surface area (Å²) in [7, 11) is 0. The molecule has 0 aliphatic carbocycles. The van der Waals surface area contributed by atoms with Crippen LogP contribution in [-0.4, -0.2) is 17.6 Å². The summed E-state index contributed by atoms with van der Waals surface area (Å²) in [4.78, 5) is 7.39. The van der Waals surface area contributed by atoms with Crippen LogP contribution in [0.3, 0.4) is 0 Å². The number of hydrogen-bond acceptors (Lipinski definition) is 2. The number of rotatable bonds is 7. The predicted octanol–water partition coefficient (Wildman–Crippen LogP) is 5.53. The molecule has 2 nitrogen and oxygen atoms in total. The second kappa shape index (κ2) is 7.79. The molecule has 0 spiro atoms. The van der Waals surface area contributed by atoms with Crippen LogP contribution in [0.15, 0.2) is 30.3 Å². The predicted molar refractivity (Wildman–Crippen MR) is 96.4 cm³/mol. The standard InChI is InChI=1S/C18H25BrN2/c1-4-5-8-11-21(14(2)3)18-16(13-19)12-15-9-6-7-10-17(15)20-18/h6-7,9-10,12,14H,4-5,8,11,13H2,1-3H3. The number of benzene rings is 1. The van der Waals surface area contributed by atoms with E-state index in [1.165, 1.54) is 30.2 Å². The van der Waals surface area contributed by atoms with Crippen molar-refractivity contribution in [1.29, 1.82) is 0 Å². The van der Waals surface area contributed by atoms with Gasteiger partial charge in [-0.05, 0) is 32.4 Å². The summed E-state index contributed by atoms with van der Waals surface area (Å²) in [5.41, 5.74) is 2.36. The van der Waals surface area contributed by atoms with Crippen LogP contribution in [-0.2, 0) is 5.33 Å². The van der Waals surface area contributed by atoms with Crippen LogP contribution in [0.25, 0.3) is 10.9 Å². The van der Waals surface area contributed by atoms with Crippen molar-refractivity contribution in [3.8, 4) is 0 Å². The van der Waals surface area contributed by atoms with E-state index in [4.69, 9.17) is 4.98 Å². The SMILES string of the molecule is CCCCCN(c1nc2ccccc2cc1CBr)C(C)C. The van der Waals surface area contributed by atoms with E-state index < -0.39 is 0 Å². The first kappa shape index (κ1) is 16.3. The first-order valence-electron chi connectivity index (χ1n) is 7.88. The summed E-state index contributed by atoms with van der Waals surface area (Å²) in [6.45, 7) is 7.83. The molecule has 1 aromatic heterocycles. The molecule has 21 heavy (non-hydrogen) atoms. The Morgan fingerprint density at radius 2 is 1.95 bits per heavy atom. The van der Waals surface area contributed by atoms with E-state index in [1.807, 2.05) is 0 Å². The van der Waals surface area contributed by atoms with E-state index in [2.05, 4.69) is 71.9 Å². The van der Waals surface area contributed by atoms with Crippen molar-refractivity contribution in [2.45, 2.75) is 51.4 Å². The Bertz CT molecular complexity index is 580. The second-order valence-corrected chi connectivity index (χ2v) is 6.35. The summed E-state index contributed by atoms with van der Waals surface area (Å²) >= 11 is 3.63. The zero-order chi connectivity index (χ0) is 15.2. The lowest BCUT2D eigenvalue weighted by Crippen LogP contribution is -2.33. The first-order chi connectivity index (χ1) is 10.2. The van der Waals surface area contributed by atoms with Crippen LogP contribution in [0, 0.1) is 0 Å². The Morgan fingerprint density at radius 3 is 2.62 bits per heavy atom. The minimum Gasteiger partial charge on any atom is -0.354 e. The van der Waals surface area contributed by atoms with Gasteiger partial charge in [0.15, 0.2) is 0 Å². The number of halogens is 1. The Morgan fingerprint density at radius 1 is 1.19 bits per heavy atom. The monoisotopic (exact) mass is 348 g/mol. The first-order valence-corrected chi connectivity index (χ1v) is 9.00. The van der Waals surface area contributed by atoms with Gasteiger partial charge in [-0.2, -0.15) is 0 Å². The van der Waals surface area contributed by atoms with Crippen LogP contribution in [0.5, 0.6) is 0 Å². The summed E-state index contributed by atoms with van der Waals surface area (Å²) in [6.07, 6.45) is 3.76. The Kier molecular flexibility index (Phi) is 6.04. The highest BCUT2D eigenvalue weighted by molar-refractivity contribution is 9.08. The molecule has 0 atom stereocenters. The van der Waals surface area contributed by atoms with Gasteiger partial charge in [0.1, 0.15) is 5.82 Å². The van der Waals surface area contributed by atoms with Gasteiger partial charge in [-0.1, -0.05) is 53.9 Å². The zero-order valence-electron chi connectivity index (χ0n) is 13.3. The van der Waals surface area contributed by atoms with E-state index >= 15 is 0 Å². The van der Waals surface area contributed by atoms with Gasteiger partial charge in [-0.3, -0.25) is 0 Å². The van der Waals surface area contributed by atoms with Crippen LogP contribution in [0.4, 0.5) is 5.82 Å². The van der Waals surface area contributed by atoms with Crippen molar-refractivity contribution in [2.75, 3.05) is 11.4 Å². The molecule has 0 fully saturated rings. The maximum absolute atomic E-state index is 4.94. The summed E-state index contributed by atoms with van der Waals surface area (Å²) < 4.78 is 0. The maximum atomic E-state index is 4.94. The molecular weight excluding hydrogens is 324 g/mol. The fourth-order valence-electron chi connectivity index (χ4n) is 2.64. The average molecular weight is 349 g/mol. The van der Waals surface area contributed by atoms with Gasteiger partial charge < -0.3 is 4.90 Å². The average Bonchev–Trinajstić information content (AvgIpc) is 2.50. The van der Waals surface area contributed by atoms with Gasteiger partial charge in [0.25, 0.3) is 0 Å². The van der Waals surface area contributed by atoms with Gasteiger partial charge >= 0.3 is 0 Å². The Labute approximate surface area is 136 Å². The number of para-hydroxylation sites is 1. The fraction of sp³-hybridized carbons (Fsp3) is 0.500. The number of anilines is 1. The molecule has 2 aromatic rings. The fourth-order valence-corrected chi connectivity index (χ4v) is 3.05. The highest BCUT2D eigenvalue weighted by Gasteiger charge is 2.16. The minimum absolute atomic E-state index is 0.466. The van der Waals surface area contributed by atoms with Crippen molar-refractivity contribution in [1.82, 2.24) is 4.98 Å². The van der Waals surface area contributed by atoms with Gasteiger partial charge in [0, 0.05) is 28.9 Å². The minimum atomic E-state index is 0.466. The second-order valence-electron chi connectivity index (χ2n) is 5.79. The lowest BCUT2D eigenvalue weighted by molar-refractivity contribution is 0.619. The Hall–Kier alpha value is -1.09. The molecule has 0 radical (unpaired) electrons. The number of pyridine rings is 1. The van der Waals surface area contributed by atoms with Crippen LogP contribution in [0.2, 0.25) is 0 Å². The van der Waals surface area contributed by atoms with Crippen molar-refractivity contribution in [3.05, 3.63) is 35.9 Å². The van der Waals surface area contributed by atoms with Gasteiger partial charge in [0.05, 0.1) is 5.52 Å². The number of fused-ring (bicyclic) bond motifs is 1. The molecule has 0 aliphatic heterocycles.